The number of nitrogen functional groups attached to an aromatic ring is 1. The number of hydrogen-bond donors (Lipinski definition) is 3. The largest absolute Gasteiger partial charge is 0.384 e. The lowest BCUT2D eigenvalue weighted by Gasteiger charge is -2.22. The molecule has 1 heterocycles. The maximum Gasteiger partial charge on any atom is 0.254 e. The smallest absolute Gasteiger partial charge is 0.254 e. The molecular formula is C34H36N6O. The summed E-state index contributed by atoms with van der Waals surface area (Å²) in [7, 11) is 0. The standard InChI is InChI=1S/C34H36N6O/c35-20-22-39(24-27-9-5-2-6-10-27)34(41)29-16-17-31-30(23-29)38-32(40(31)21-19-25-7-3-1-4-8-25)18-13-26-11-14-28(15-12-26)33(36)37/h1-12,14-17,23H,13,18-22,24,35H2,(H3,36,37). The zero-order valence-electron chi connectivity index (χ0n) is 23.2. The van der Waals surface area contributed by atoms with Crippen molar-refractivity contribution in [1.82, 2.24) is 14.5 Å². The minimum absolute atomic E-state index is 0.0489. The number of nitrogens with two attached hydrogens (primary N) is 2. The number of imidazole rings is 1. The van der Waals surface area contributed by atoms with Gasteiger partial charge in [0.15, 0.2) is 0 Å². The van der Waals surface area contributed by atoms with Crippen LogP contribution in [-0.4, -0.2) is 39.3 Å². The van der Waals surface area contributed by atoms with Crippen molar-refractivity contribution in [2.45, 2.75) is 32.4 Å². The monoisotopic (exact) mass is 544 g/mol. The maximum atomic E-state index is 13.6. The summed E-state index contributed by atoms with van der Waals surface area (Å²) in [6, 6.07) is 34.1. The van der Waals surface area contributed by atoms with Gasteiger partial charge in [-0.1, -0.05) is 84.9 Å². The van der Waals surface area contributed by atoms with E-state index < -0.39 is 0 Å². The summed E-state index contributed by atoms with van der Waals surface area (Å²) in [5, 5.41) is 7.63. The first-order valence-electron chi connectivity index (χ1n) is 14.0. The Bertz CT molecular complexity index is 1610. The molecule has 0 fully saturated rings. The molecule has 7 nitrogen and oxygen atoms in total. The first-order chi connectivity index (χ1) is 20.0. The van der Waals surface area contributed by atoms with Gasteiger partial charge in [0.05, 0.1) is 11.0 Å². The average Bonchev–Trinajstić information content (AvgIpc) is 3.36. The summed E-state index contributed by atoms with van der Waals surface area (Å²) in [4.78, 5) is 20.4. The third-order valence-electron chi connectivity index (χ3n) is 7.35. The summed E-state index contributed by atoms with van der Waals surface area (Å²) >= 11 is 0. The molecule has 0 unspecified atom stereocenters. The first kappa shape index (κ1) is 27.8. The summed E-state index contributed by atoms with van der Waals surface area (Å²) in [5.74, 6) is 1.00. The van der Waals surface area contributed by atoms with Crippen LogP contribution in [-0.2, 0) is 32.4 Å². The highest BCUT2D eigenvalue weighted by Gasteiger charge is 2.18. The van der Waals surface area contributed by atoms with Crippen LogP contribution in [0, 0.1) is 5.41 Å². The normalized spacial score (nSPS) is 11.0. The minimum Gasteiger partial charge on any atom is -0.384 e. The lowest BCUT2D eigenvalue weighted by Crippen LogP contribution is -2.34. The number of carbonyl (C=O) groups is 1. The number of hydrogen-bond acceptors (Lipinski definition) is 4. The van der Waals surface area contributed by atoms with Gasteiger partial charge in [0.1, 0.15) is 11.7 Å². The van der Waals surface area contributed by atoms with Crippen LogP contribution >= 0.6 is 0 Å². The van der Waals surface area contributed by atoms with E-state index in [1.165, 1.54) is 5.56 Å². The third-order valence-corrected chi connectivity index (χ3v) is 7.35. The topological polar surface area (TPSA) is 114 Å². The molecule has 1 amide bonds. The second-order valence-electron chi connectivity index (χ2n) is 10.2. The van der Waals surface area contributed by atoms with Crippen molar-refractivity contribution in [3.8, 4) is 0 Å². The number of aryl methyl sites for hydroxylation is 4. The van der Waals surface area contributed by atoms with Gasteiger partial charge >= 0.3 is 0 Å². The molecule has 208 valence electrons. The Morgan fingerprint density at radius 1 is 0.780 bits per heavy atom. The number of carbonyl (C=O) groups excluding carboxylic acids is 1. The summed E-state index contributed by atoms with van der Waals surface area (Å²) in [5.41, 5.74) is 18.2. The van der Waals surface area contributed by atoms with Crippen LogP contribution in [0.4, 0.5) is 0 Å². The molecule has 0 radical (unpaired) electrons. The van der Waals surface area contributed by atoms with Crippen LogP contribution in [0.25, 0.3) is 11.0 Å². The summed E-state index contributed by atoms with van der Waals surface area (Å²) in [6.07, 6.45) is 2.44. The zero-order chi connectivity index (χ0) is 28.6. The molecule has 4 aromatic carbocycles. The number of fused-ring (bicyclic) bond motifs is 1. The fourth-order valence-electron chi connectivity index (χ4n) is 5.14. The fourth-order valence-corrected chi connectivity index (χ4v) is 5.14. The molecule has 0 saturated heterocycles. The fraction of sp³-hybridized carbons (Fsp3) is 0.206. The number of aromatic nitrogens is 2. The Balaban J connectivity index is 1.42. The van der Waals surface area contributed by atoms with E-state index in [2.05, 4.69) is 28.8 Å². The Labute approximate surface area is 240 Å². The second kappa shape index (κ2) is 13.1. The van der Waals surface area contributed by atoms with Crippen LogP contribution in [0.3, 0.4) is 0 Å². The molecule has 0 spiro atoms. The molecule has 0 aliphatic rings. The molecule has 0 aliphatic carbocycles. The molecule has 0 bridgehead atoms. The molecule has 5 aromatic rings. The van der Waals surface area contributed by atoms with Gasteiger partial charge in [-0.25, -0.2) is 4.98 Å². The van der Waals surface area contributed by atoms with Crippen molar-refractivity contribution in [3.05, 3.63) is 137 Å². The van der Waals surface area contributed by atoms with E-state index in [4.69, 9.17) is 21.9 Å². The van der Waals surface area contributed by atoms with Crippen LogP contribution in [0.1, 0.15) is 38.4 Å². The van der Waals surface area contributed by atoms with E-state index in [9.17, 15) is 4.79 Å². The first-order valence-corrected chi connectivity index (χ1v) is 14.0. The Morgan fingerprint density at radius 2 is 1.41 bits per heavy atom. The third kappa shape index (κ3) is 6.88. The number of nitrogens with one attached hydrogen (secondary N) is 1. The molecule has 5 N–H and O–H groups in total. The molecule has 7 heteroatoms. The van der Waals surface area contributed by atoms with E-state index in [1.54, 1.807) is 4.90 Å². The van der Waals surface area contributed by atoms with Crippen LogP contribution in [0.5, 0.6) is 0 Å². The van der Waals surface area contributed by atoms with Crippen molar-refractivity contribution in [1.29, 1.82) is 5.41 Å². The maximum absolute atomic E-state index is 13.6. The van der Waals surface area contributed by atoms with Crippen molar-refractivity contribution in [2.75, 3.05) is 13.1 Å². The van der Waals surface area contributed by atoms with E-state index in [-0.39, 0.29) is 11.7 Å². The molecule has 1 aromatic heterocycles. The number of amides is 1. The van der Waals surface area contributed by atoms with E-state index in [0.29, 0.717) is 25.2 Å². The molecular weight excluding hydrogens is 508 g/mol. The van der Waals surface area contributed by atoms with Gasteiger partial charge in [-0.2, -0.15) is 0 Å². The quantitative estimate of drug-likeness (QED) is 0.152. The molecule has 41 heavy (non-hydrogen) atoms. The van der Waals surface area contributed by atoms with Gasteiger partial charge in [0.2, 0.25) is 0 Å². The van der Waals surface area contributed by atoms with Crippen LogP contribution in [0.15, 0.2) is 103 Å². The predicted molar refractivity (Wildman–Crippen MR) is 165 cm³/mol. The highest BCUT2D eigenvalue weighted by atomic mass is 16.2. The van der Waals surface area contributed by atoms with Gasteiger partial charge < -0.3 is 20.9 Å². The number of nitrogens with zero attached hydrogens (tertiary/aromatic N) is 3. The van der Waals surface area contributed by atoms with Gasteiger partial charge in [0, 0.05) is 43.7 Å². The minimum atomic E-state index is -0.0489. The SMILES string of the molecule is N=C(N)c1ccc(CCc2nc3cc(C(=O)N(CCN)Cc4ccccc4)ccc3n2CCc2ccccc2)cc1. The summed E-state index contributed by atoms with van der Waals surface area (Å²) in [6.45, 7) is 2.17. The van der Waals surface area contributed by atoms with Crippen molar-refractivity contribution >= 4 is 22.8 Å². The zero-order valence-corrected chi connectivity index (χ0v) is 23.2. The van der Waals surface area contributed by atoms with E-state index >= 15 is 0 Å². The Morgan fingerprint density at radius 3 is 2.07 bits per heavy atom. The van der Waals surface area contributed by atoms with Gasteiger partial charge in [-0.15, -0.1) is 0 Å². The Hall–Kier alpha value is -4.75. The highest BCUT2D eigenvalue weighted by Crippen LogP contribution is 2.22. The van der Waals surface area contributed by atoms with E-state index in [1.807, 2.05) is 78.9 Å². The van der Waals surface area contributed by atoms with Gasteiger partial charge in [-0.05, 0) is 47.7 Å². The highest BCUT2D eigenvalue weighted by molar-refractivity contribution is 5.97. The van der Waals surface area contributed by atoms with Crippen LogP contribution in [0.2, 0.25) is 0 Å². The molecule has 0 atom stereocenters. The molecule has 0 aliphatic heterocycles. The van der Waals surface area contributed by atoms with E-state index in [0.717, 1.165) is 59.4 Å². The Kier molecular flexibility index (Phi) is 8.86. The summed E-state index contributed by atoms with van der Waals surface area (Å²) < 4.78 is 2.28. The number of rotatable bonds is 12. The number of amidine groups is 1. The van der Waals surface area contributed by atoms with Gasteiger partial charge in [0.25, 0.3) is 5.91 Å². The average molecular weight is 545 g/mol. The van der Waals surface area contributed by atoms with Crippen molar-refractivity contribution in [3.63, 3.8) is 0 Å². The number of benzene rings is 4. The van der Waals surface area contributed by atoms with Crippen molar-refractivity contribution in [2.24, 2.45) is 11.5 Å². The molecule has 0 saturated carbocycles. The predicted octanol–water partition coefficient (Wildman–Crippen LogP) is 4.95. The lowest BCUT2D eigenvalue weighted by atomic mass is 10.1. The molecule has 5 rings (SSSR count). The second-order valence-corrected chi connectivity index (χ2v) is 10.2. The lowest BCUT2D eigenvalue weighted by molar-refractivity contribution is 0.0748. The van der Waals surface area contributed by atoms with Gasteiger partial charge in [-0.3, -0.25) is 10.2 Å². The van der Waals surface area contributed by atoms with Crippen molar-refractivity contribution < 1.29 is 4.79 Å². The van der Waals surface area contributed by atoms with Crippen LogP contribution < -0.4 is 11.5 Å².